The number of halogens is 2. The predicted molar refractivity (Wildman–Crippen MR) is 71.4 cm³/mol. The van der Waals surface area contributed by atoms with Crippen molar-refractivity contribution in [2.24, 2.45) is 0 Å². The Bertz CT molecular complexity index is 512. The molecular weight excluding hydrogens is 291 g/mol. The number of carboxylic acids is 1. The van der Waals surface area contributed by atoms with E-state index >= 15 is 0 Å². The normalized spacial score (nSPS) is 12.4. The van der Waals surface area contributed by atoms with Crippen molar-refractivity contribution < 1.29 is 19.2 Å². The van der Waals surface area contributed by atoms with Gasteiger partial charge < -0.3 is 10.0 Å². The number of carbonyl (C=O) groups is 1. The van der Waals surface area contributed by atoms with Crippen molar-refractivity contribution >= 4 is 23.3 Å². The lowest BCUT2D eigenvalue weighted by Crippen LogP contribution is -2.25. The number of nitrogens with zero attached hydrogens (tertiary/aromatic N) is 2. The maximum absolute atomic E-state index is 13.2. The zero-order chi connectivity index (χ0) is 15.3. The summed E-state index contributed by atoms with van der Waals surface area (Å²) < 4.78 is 13.2. The van der Waals surface area contributed by atoms with Gasteiger partial charge in [-0.2, -0.15) is 4.39 Å². The number of aliphatic carboxylic acids is 1. The molecule has 0 spiro atoms. The Morgan fingerprint density at radius 3 is 2.80 bits per heavy atom. The van der Waals surface area contributed by atoms with Gasteiger partial charge in [-0.15, -0.1) is 11.6 Å². The summed E-state index contributed by atoms with van der Waals surface area (Å²) in [6.07, 6.45) is -0.0241. The second kappa shape index (κ2) is 7.16. The standard InChI is InChI=1S/C12H14ClFN2O4/c1-15(5-4-12(17)18)7-9(13)8-2-3-10(14)11(6-8)16(19)20/h2-3,6,9H,4-5,7H2,1H3,(H,17,18). The van der Waals surface area contributed by atoms with Crippen molar-refractivity contribution in [2.75, 3.05) is 20.1 Å². The number of alkyl halides is 1. The maximum atomic E-state index is 13.2. The van der Waals surface area contributed by atoms with Crippen LogP contribution in [0, 0.1) is 15.9 Å². The fourth-order valence-electron chi connectivity index (χ4n) is 1.62. The largest absolute Gasteiger partial charge is 0.481 e. The van der Waals surface area contributed by atoms with Gasteiger partial charge in [0.25, 0.3) is 0 Å². The molecule has 0 radical (unpaired) electrons. The number of nitro benzene ring substituents is 1. The van der Waals surface area contributed by atoms with Gasteiger partial charge in [-0.25, -0.2) is 0 Å². The Morgan fingerprint density at radius 1 is 1.60 bits per heavy atom. The molecule has 0 heterocycles. The molecule has 0 aliphatic rings. The fourth-order valence-corrected chi connectivity index (χ4v) is 1.99. The summed E-state index contributed by atoms with van der Waals surface area (Å²) >= 11 is 6.11. The van der Waals surface area contributed by atoms with Crippen LogP contribution in [-0.4, -0.2) is 41.0 Å². The molecule has 1 N–H and O–H groups in total. The van der Waals surface area contributed by atoms with Gasteiger partial charge in [0, 0.05) is 19.2 Å². The third kappa shape index (κ3) is 4.75. The van der Waals surface area contributed by atoms with Crippen molar-refractivity contribution in [3.8, 4) is 0 Å². The molecule has 0 aliphatic heterocycles. The molecule has 1 unspecified atom stereocenters. The van der Waals surface area contributed by atoms with Crippen molar-refractivity contribution in [2.45, 2.75) is 11.8 Å². The Morgan fingerprint density at radius 2 is 2.25 bits per heavy atom. The van der Waals surface area contributed by atoms with E-state index in [1.807, 2.05) is 0 Å². The molecule has 0 amide bonds. The van der Waals surface area contributed by atoms with E-state index in [0.717, 1.165) is 12.1 Å². The number of carboxylic acid groups (broad SMARTS) is 1. The highest BCUT2D eigenvalue weighted by Gasteiger charge is 2.19. The van der Waals surface area contributed by atoms with Gasteiger partial charge in [0.2, 0.25) is 5.82 Å². The van der Waals surface area contributed by atoms with Crippen LogP contribution < -0.4 is 0 Å². The van der Waals surface area contributed by atoms with Crippen LogP contribution in [0.5, 0.6) is 0 Å². The van der Waals surface area contributed by atoms with Crippen LogP contribution in [-0.2, 0) is 4.79 Å². The SMILES string of the molecule is CN(CCC(=O)O)CC(Cl)c1ccc(F)c([N+](=O)[O-])c1. The second-order valence-corrected chi connectivity index (χ2v) is 4.87. The van der Waals surface area contributed by atoms with Gasteiger partial charge in [0.1, 0.15) is 0 Å². The lowest BCUT2D eigenvalue weighted by Gasteiger charge is -2.19. The van der Waals surface area contributed by atoms with Gasteiger partial charge in [-0.1, -0.05) is 6.07 Å². The minimum atomic E-state index is -0.916. The zero-order valence-corrected chi connectivity index (χ0v) is 11.5. The molecule has 1 aromatic rings. The van der Waals surface area contributed by atoms with E-state index in [2.05, 4.69) is 0 Å². The van der Waals surface area contributed by atoms with Gasteiger partial charge in [-0.05, 0) is 18.7 Å². The minimum Gasteiger partial charge on any atom is -0.481 e. The monoisotopic (exact) mass is 304 g/mol. The van der Waals surface area contributed by atoms with Gasteiger partial charge in [-0.3, -0.25) is 14.9 Å². The Balaban J connectivity index is 2.72. The smallest absolute Gasteiger partial charge is 0.305 e. The van der Waals surface area contributed by atoms with Crippen molar-refractivity contribution in [3.63, 3.8) is 0 Å². The van der Waals surface area contributed by atoms with Crippen LogP contribution in [0.1, 0.15) is 17.4 Å². The molecule has 6 nitrogen and oxygen atoms in total. The molecule has 0 aliphatic carbocycles. The van der Waals surface area contributed by atoms with Crippen LogP contribution in [0.15, 0.2) is 18.2 Å². The van der Waals surface area contributed by atoms with Crippen LogP contribution in [0.25, 0.3) is 0 Å². The van der Waals surface area contributed by atoms with E-state index in [1.54, 1.807) is 11.9 Å². The molecule has 0 saturated heterocycles. The molecule has 1 aromatic carbocycles. The Kier molecular flexibility index (Phi) is 5.84. The quantitative estimate of drug-likeness (QED) is 0.475. The molecule has 1 atom stereocenters. The van der Waals surface area contributed by atoms with E-state index in [1.165, 1.54) is 6.07 Å². The number of likely N-dealkylation sites (N-methyl/N-ethyl adjacent to an activating group) is 1. The molecule has 0 bridgehead atoms. The summed E-state index contributed by atoms with van der Waals surface area (Å²) in [7, 11) is 1.69. The first-order valence-electron chi connectivity index (χ1n) is 5.79. The van der Waals surface area contributed by atoms with Crippen molar-refractivity contribution in [1.82, 2.24) is 4.90 Å². The third-order valence-electron chi connectivity index (χ3n) is 2.71. The second-order valence-electron chi connectivity index (χ2n) is 4.34. The Hall–Kier alpha value is -1.73. The summed E-state index contributed by atoms with van der Waals surface area (Å²) in [6, 6.07) is 3.48. The molecular formula is C12H14ClFN2O4. The highest BCUT2D eigenvalue weighted by molar-refractivity contribution is 6.21. The molecule has 8 heteroatoms. The van der Waals surface area contributed by atoms with E-state index in [-0.39, 0.29) is 6.42 Å². The van der Waals surface area contributed by atoms with Crippen LogP contribution in [0.3, 0.4) is 0 Å². The number of nitro groups is 1. The summed E-state index contributed by atoms with van der Waals surface area (Å²) in [5.41, 5.74) is -0.205. The number of hydrogen-bond donors (Lipinski definition) is 1. The van der Waals surface area contributed by atoms with E-state index in [4.69, 9.17) is 16.7 Å². The van der Waals surface area contributed by atoms with E-state index in [9.17, 15) is 19.3 Å². The molecule has 20 heavy (non-hydrogen) atoms. The van der Waals surface area contributed by atoms with Crippen LogP contribution >= 0.6 is 11.6 Å². The van der Waals surface area contributed by atoms with Gasteiger partial charge in [0.05, 0.1) is 16.7 Å². The molecule has 0 aromatic heterocycles. The first-order valence-corrected chi connectivity index (χ1v) is 6.23. The summed E-state index contributed by atoms with van der Waals surface area (Å²) in [5, 5.41) is 18.6. The molecule has 0 fully saturated rings. The average molecular weight is 305 g/mol. The van der Waals surface area contributed by atoms with E-state index < -0.39 is 27.8 Å². The zero-order valence-electron chi connectivity index (χ0n) is 10.8. The third-order valence-corrected chi connectivity index (χ3v) is 3.10. The van der Waals surface area contributed by atoms with Crippen LogP contribution in [0.4, 0.5) is 10.1 Å². The lowest BCUT2D eigenvalue weighted by molar-refractivity contribution is -0.387. The van der Waals surface area contributed by atoms with Crippen molar-refractivity contribution in [3.05, 3.63) is 39.7 Å². The molecule has 110 valence electrons. The van der Waals surface area contributed by atoms with Crippen molar-refractivity contribution in [1.29, 1.82) is 0 Å². The lowest BCUT2D eigenvalue weighted by atomic mass is 10.1. The highest BCUT2D eigenvalue weighted by Crippen LogP contribution is 2.27. The Labute approximate surface area is 119 Å². The predicted octanol–water partition coefficient (Wildman–Crippen LogP) is 2.42. The average Bonchev–Trinajstić information content (AvgIpc) is 2.36. The highest BCUT2D eigenvalue weighted by atomic mass is 35.5. The topological polar surface area (TPSA) is 83.7 Å². The van der Waals surface area contributed by atoms with Gasteiger partial charge in [0.15, 0.2) is 0 Å². The van der Waals surface area contributed by atoms with Crippen LogP contribution in [0.2, 0.25) is 0 Å². The van der Waals surface area contributed by atoms with Gasteiger partial charge >= 0.3 is 11.7 Å². The summed E-state index contributed by atoms with van der Waals surface area (Å²) in [4.78, 5) is 22.0. The number of benzene rings is 1. The summed E-state index contributed by atoms with van der Waals surface area (Å²) in [5.74, 6) is -1.83. The molecule has 1 rings (SSSR count). The number of rotatable bonds is 7. The summed E-state index contributed by atoms with van der Waals surface area (Å²) in [6.45, 7) is 0.611. The minimum absolute atomic E-state index is 0.0241. The number of hydrogen-bond acceptors (Lipinski definition) is 4. The molecule has 0 saturated carbocycles. The van der Waals surface area contributed by atoms with E-state index in [0.29, 0.717) is 18.7 Å². The first kappa shape index (κ1) is 16.3. The maximum Gasteiger partial charge on any atom is 0.305 e. The first-order chi connectivity index (χ1) is 9.31. The fraction of sp³-hybridized carbons (Fsp3) is 0.417.